The zero-order valence-electron chi connectivity index (χ0n) is 18.7. The minimum Gasteiger partial charge on any atom is -0.382 e. The summed E-state index contributed by atoms with van der Waals surface area (Å²) in [5, 5.41) is 12.6. The Hall–Kier alpha value is -4.25. The number of nitrogens with one attached hydrogen (secondary N) is 3. The van der Waals surface area contributed by atoms with Gasteiger partial charge in [0, 0.05) is 22.9 Å². The second kappa shape index (κ2) is 9.71. The van der Waals surface area contributed by atoms with Crippen LogP contribution in [0.2, 0.25) is 0 Å². The second-order valence-corrected chi connectivity index (χ2v) is 8.81. The van der Waals surface area contributed by atoms with Crippen LogP contribution in [0.1, 0.15) is 29.8 Å². The molecule has 0 unspecified atom stereocenters. The SMILES string of the molecule is Cc1cccc(C(=O)Nc2cccc(-c3noc(-c4sc(NC(=O)NC(C)C)nc4N)n3)c2)c1. The van der Waals surface area contributed by atoms with Crippen LogP contribution in [-0.4, -0.2) is 33.1 Å². The molecule has 0 aliphatic carbocycles. The van der Waals surface area contributed by atoms with Gasteiger partial charge in [-0.1, -0.05) is 46.3 Å². The summed E-state index contributed by atoms with van der Waals surface area (Å²) in [6, 6.07) is 14.1. The first-order chi connectivity index (χ1) is 16.3. The fourth-order valence-electron chi connectivity index (χ4n) is 3.09. The molecular formula is C23H23N7O3S. The number of nitrogen functional groups attached to an aromatic ring is 1. The van der Waals surface area contributed by atoms with Gasteiger partial charge in [-0.2, -0.15) is 4.98 Å². The van der Waals surface area contributed by atoms with Crippen LogP contribution in [-0.2, 0) is 0 Å². The molecule has 0 aliphatic heterocycles. The number of anilines is 3. The largest absolute Gasteiger partial charge is 0.382 e. The van der Waals surface area contributed by atoms with Crippen molar-refractivity contribution in [1.29, 1.82) is 0 Å². The maximum Gasteiger partial charge on any atom is 0.321 e. The van der Waals surface area contributed by atoms with Crippen molar-refractivity contribution in [3.05, 3.63) is 59.7 Å². The van der Waals surface area contributed by atoms with Gasteiger partial charge in [0.05, 0.1) is 0 Å². The van der Waals surface area contributed by atoms with Gasteiger partial charge in [-0.3, -0.25) is 10.1 Å². The topological polar surface area (TPSA) is 148 Å². The Morgan fingerprint density at radius 3 is 2.62 bits per heavy atom. The molecule has 5 N–H and O–H groups in total. The fourth-order valence-corrected chi connectivity index (χ4v) is 3.89. The number of nitrogens with two attached hydrogens (primary N) is 1. The lowest BCUT2D eigenvalue weighted by molar-refractivity contribution is 0.102. The van der Waals surface area contributed by atoms with E-state index in [1.54, 1.807) is 30.3 Å². The third-order valence-electron chi connectivity index (χ3n) is 4.57. The number of hydrogen-bond donors (Lipinski definition) is 4. The van der Waals surface area contributed by atoms with Gasteiger partial charge in [0.2, 0.25) is 5.82 Å². The standard InChI is InChI=1S/C23H23N7O3S/c1-12(2)25-22(32)29-23-27-18(24)17(34-23)21-28-19(30-33-21)14-7-5-9-16(11-14)26-20(31)15-8-4-6-13(3)10-15/h4-12H,24H2,1-3H3,(H,26,31)(H2,25,27,29,32). The van der Waals surface area contributed by atoms with E-state index in [9.17, 15) is 9.59 Å². The predicted molar refractivity (Wildman–Crippen MR) is 132 cm³/mol. The highest BCUT2D eigenvalue weighted by Gasteiger charge is 2.19. The number of thiazole rings is 1. The molecule has 10 nitrogen and oxygen atoms in total. The van der Waals surface area contributed by atoms with Crippen molar-refractivity contribution in [2.45, 2.75) is 26.8 Å². The Balaban J connectivity index is 1.50. The summed E-state index contributed by atoms with van der Waals surface area (Å²) < 4.78 is 5.39. The molecule has 11 heteroatoms. The molecule has 2 heterocycles. The van der Waals surface area contributed by atoms with E-state index in [1.807, 2.05) is 39.0 Å². The number of hydrogen-bond acceptors (Lipinski definition) is 8. The lowest BCUT2D eigenvalue weighted by Gasteiger charge is -2.07. The maximum atomic E-state index is 12.6. The van der Waals surface area contributed by atoms with Crippen molar-refractivity contribution in [3.8, 4) is 22.2 Å². The minimum atomic E-state index is -0.383. The van der Waals surface area contributed by atoms with Crippen LogP contribution in [0.5, 0.6) is 0 Å². The van der Waals surface area contributed by atoms with Crippen molar-refractivity contribution in [3.63, 3.8) is 0 Å². The van der Waals surface area contributed by atoms with Gasteiger partial charge < -0.3 is 20.9 Å². The van der Waals surface area contributed by atoms with Crippen LogP contribution < -0.4 is 21.7 Å². The molecule has 0 atom stereocenters. The Bertz CT molecular complexity index is 1350. The average molecular weight is 478 g/mol. The summed E-state index contributed by atoms with van der Waals surface area (Å²) in [6.07, 6.45) is 0. The van der Waals surface area contributed by atoms with Crippen molar-refractivity contribution in [2.75, 3.05) is 16.4 Å². The molecule has 174 valence electrons. The van der Waals surface area contributed by atoms with Crippen LogP contribution in [0.15, 0.2) is 53.1 Å². The van der Waals surface area contributed by atoms with E-state index >= 15 is 0 Å². The van der Waals surface area contributed by atoms with Gasteiger partial charge in [-0.05, 0) is 45.0 Å². The zero-order valence-corrected chi connectivity index (χ0v) is 19.6. The summed E-state index contributed by atoms with van der Waals surface area (Å²) >= 11 is 1.13. The Kier molecular flexibility index (Phi) is 6.55. The smallest absolute Gasteiger partial charge is 0.321 e. The van der Waals surface area contributed by atoms with Crippen molar-refractivity contribution < 1.29 is 14.1 Å². The Morgan fingerprint density at radius 1 is 1.06 bits per heavy atom. The first-order valence-corrected chi connectivity index (χ1v) is 11.3. The molecule has 4 aromatic rings. The van der Waals surface area contributed by atoms with Crippen LogP contribution in [0.25, 0.3) is 22.2 Å². The summed E-state index contributed by atoms with van der Waals surface area (Å²) in [4.78, 5) is 33.5. The Morgan fingerprint density at radius 2 is 1.85 bits per heavy atom. The number of nitrogens with zero attached hydrogens (tertiary/aromatic N) is 3. The molecule has 34 heavy (non-hydrogen) atoms. The molecule has 0 spiro atoms. The van der Waals surface area contributed by atoms with Gasteiger partial charge in [0.1, 0.15) is 10.7 Å². The third kappa shape index (κ3) is 5.38. The van der Waals surface area contributed by atoms with Crippen molar-refractivity contribution >= 4 is 39.9 Å². The molecule has 0 radical (unpaired) electrons. The summed E-state index contributed by atoms with van der Waals surface area (Å²) in [7, 11) is 0. The molecule has 2 aromatic heterocycles. The van der Waals surface area contributed by atoms with E-state index < -0.39 is 0 Å². The number of rotatable bonds is 6. The lowest BCUT2D eigenvalue weighted by atomic mass is 10.1. The quantitative estimate of drug-likeness (QED) is 0.319. The molecule has 0 fully saturated rings. The van der Waals surface area contributed by atoms with Gasteiger partial charge in [-0.15, -0.1) is 0 Å². The van der Waals surface area contributed by atoms with Gasteiger partial charge in [0.15, 0.2) is 5.13 Å². The molecule has 0 saturated carbocycles. The average Bonchev–Trinajstić information content (AvgIpc) is 3.40. The van der Waals surface area contributed by atoms with E-state index in [-0.39, 0.29) is 29.7 Å². The number of benzene rings is 2. The third-order valence-corrected chi connectivity index (χ3v) is 5.55. The van der Waals surface area contributed by atoms with Crippen LogP contribution in [0, 0.1) is 6.92 Å². The summed E-state index contributed by atoms with van der Waals surface area (Å²) in [6.45, 7) is 5.63. The minimum absolute atomic E-state index is 0.0207. The number of carbonyl (C=O) groups is 2. The Labute approximate surface area is 199 Å². The number of carbonyl (C=O) groups excluding carboxylic acids is 2. The number of amides is 3. The van der Waals surface area contributed by atoms with E-state index in [1.165, 1.54) is 0 Å². The predicted octanol–water partition coefficient (Wildman–Crippen LogP) is 4.53. The van der Waals surface area contributed by atoms with Crippen LogP contribution in [0.4, 0.5) is 21.4 Å². The normalized spacial score (nSPS) is 10.8. The maximum absolute atomic E-state index is 12.6. The first-order valence-electron chi connectivity index (χ1n) is 10.4. The first kappa shape index (κ1) is 22.9. The van der Waals surface area contributed by atoms with E-state index in [0.717, 1.165) is 16.9 Å². The highest BCUT2D eigenvalue weighted by Crippen LogP contribution is 2.35. The highest BCUT2D eigenvalue weighted by atomic mass is 32.1. The van der Waals surface area contributed by atoms with Crippen LogP contribution >= 0.6 is 11.3 Å². The molecule has 2 aromatic carbocycles. The number of aryl methyl sites for hydroxylation is 1. The molecule has 3 amide bonds. The molecule has 4 rings (SSSR count). The van der Waals surface area contributed by atoms with Crippen molar-refractivity contribution in [1.82, 2.24) is 20.4 Å². The van der Waals surface area contributed by atoms with Gasteiger partial charge >= 0.3 is 6.03 Å². The molecule has 0 bridgehead atoms. The van der Waals surface area contributed by atoms with Crippen molar-refractivity contribution in [2.24, 2.45) is 0 Å². The van der Waals surface area contributed by atoms with E-state index in [0.29, 0.717) is 32.6 Å². The lowest BCUT2D eigenvalue weighted by Crippen LogP contribution is -2.34. The fraction of sp³-hybridized carbons (Fsp3) is 0.174. The highest BCUT2D eigenvalue weighted by molar-refractivity contribution is 7.19. The second-order valence-electron chi connectivity index (χ2n) is 7.81. The zero-order chi connectivity index (χ0) is 24.2. The molecular weight excluding hydrogens is 454 g/mol. The van der Waals surface area contributed by atoms with Gasteiger partial charge in [-0.25, -0.2) is 9.78 Å². The molecule has 0 saturated heterocycles. The van der Waals surface area contributed by atoms with E-state index in [2.05, 4.69) is 31.1 Å². The van der Waals surface area contributed by atoms with Crippen LogP contribution in [0.3, 0.4) is 0 Å². The number of urea groups is 1. The summed E-state index contributed by atoms with van der Waals surface area (Å²) in [5.41, 5.74) is 8.81. The van der Waals surface area contributed by atoms with E-state index in [4.69, 9.17) is 10.3 Å². The monoisotopic (exact) mass is 477 g/mol. The summed E-state index contributed by atoms with van der Waals surface area (Å²) in [5.74, 6) is 0.450. The van der Waals surface area contributed by atoms with Gasteiger partial charge in [0.25, 0.3) is 11.8 Å². The number of aromatic nitrogens is 3. The molecule has 0 aliphatic rings.